The van der Waals surface area contributed by atoms with Gasteiger partial charge in [0.25, 0.3) is 13.4 Å². The van der Waals surface area contributed by atoms with Gasteiger partial charge >= 0.3 is 0 Å². The number of rotatable bonds is 7. The van der Waals surface area contributed by atoms with Gasteiger partial charge in [-0.25, -0.2) is 0 Å². The molecule has 0 saturated carbocycles. The van der Waals surface area contributed by atoms with E-state index < -0.39 is 10.8 Å². The van der Waals surface area contributed by atoms with Crippen molar-refractivity contribution in [2.75, 3.05) is 24.5 Å². The van der Waals surface area contributed by atoms with Crippen molar-refractivity contribution < 1.29 is 4.42 Å². The molecule has 0 amide bonds. The monoisotopic (exact) mass is 1230 g/mol. The number of hydrogen-bond donors (Lipinski definition) is 0. The van der Waals surface area contributed by atoms with Crippen molar-refractivity contribution in [1.29, 1.82) is 0 Å². The quantitative estimate of drug-likeness (QED) is 0.148. The lowest BCUT2D eigenvalue weighted by Crippen LogP contribution is -2.65. The van der Waals surface area contributed by atoms with Crippen LogP contribution in [0.15, 0.2) is 247 Å². The van der Waals surface area contributed by atoms with E-state index in [4.69, 9.17) is 4.42 Å². The fraction of sp³-hybridized carbons (Fsp3) is 0.195. The van der Waals surface area contributed by atoms with E-state index in [2.05, 4.69) is 357 Å². The molecule has 1 aromatic heterocycles. The summed E-state index contributed by atoms with van der Waals surface area (Å²) in [6.07, 6.45) is 0. The molecule has 0 unspecified atom stereocenters. The molecule has 0 saturated heterocycles. The summed E-state index contributed by atoms with van der Waals surface area (Å²) in [5.74, 6) is 1.92. The van der Waals surface area contributed by atoms with Crippen LogP contribution in [-0.4, -0.2) is 13.4 Å². The predicted molar refractivity (Wildman–Crippen MR) is 405 cm³/mol. The van der Waals surface area contributed by atoms with Crippen LogP contribution in [0.2, 0.25) is 0 Å². The summed E-state index contributed by atoms with van der Waals surface area (Å²) < 4.78 is 7.87. The highest BCUT2D eigenvalue weighted by Gasteiger charge is 2.55. The summed E-state index contributed by atoms with van der Waals surface area (Å²) >= 11 is 0. The second kappa shape index (κ2) is 20.9. The van der Waals surface area contributed by atoms with Crippen molar-refractivity contribution in [2.24, 2.45) is 0 Å². The first-order valence-electron chi connectivity index (χ1n) is 34.0. The molecular weight excluding hydrogens is 1150 g/mol. The normalized spacial score (nSPS) is 14.0. The number of benzene rings is 11. The van der Waals surface area contributed by atoms with Gasteiger partial charge in [-0.05, 0) is 174 Å². The second-order valence-corrected chi connectivity index (χ2v) is 31.1. The van der Waals surface area contributed by atoms with E-state index in [0.29, 0.717) is 0 Å². The van der Waals surface area contributed by atoms with E-state index in [1.165, 1.54) is 100 Å². The molecule has 464 valence electrons. The van der Waals surface area contributed by atoms with Gasteiger partial charge in [-0.1, -0.05) is 241 Å². The Morgan fingerprint density at radius 3 is 1.15 bits per heavy atom. The molecule has 6 nitrogen and oxygen atoms in total. The maximum Gasteiger partial charge on any atom is 0.252 e. The molecule has 5 aliphatic heterocycles. The number of anilines is 15. The molecule has 8 heteroatoms. The molecule has 5 aliphatic rings. The number of furan rings is 1. The fourth-order valence-corrected chi connectivity index (χ4v) is 16.1. The van der Waals surface area contributed by atoms with Crippen LogP contribution in [0.5, 0.6) is 0 Å². The Balaban J connectivity index is 1.02. The Morgan fingerprint density at radius 2 is 0.684 bits per heavy atom. The molecule has 95 heavy (non-hydrogen) atoms. The lowest BCUT2D eigenvalue weighted by molar-refractivity contribution is 0.345. The first kappa shape index (κ1) is 58.6. The molecule has 6 heterocycles. The molecule has 0 N–H and O–H groups in total. The zero-order chi connectivity index (χ0) is 65.4. The summed E-state index contributed by atoms with van der Waals surface area (Å²) in [5, 5.41) is 0. The largest absolute Gasteiger partial charge is 0.460 e. The van der Waals surface area contributed by atoms with E-state index in [9.17, 15) is 0 Å². The highest BCUT2D eigenvalue weighted by atomic mass is 16.3. The van der Waals surface area contributed by atoms with E-state index in [-0.39, 0.29) is 24.3 Å². The summed E-state index contributed by atoms with van der Waals surface area (Å²) in [5.41, 5.74) is 32.4. The summed E-state index contributed by atoms with van der Waals surface area (Å²) in [6, 6.07) is 92.1. The fourth-order valence-electron chi connectivity index (χ4n) is 16.1. The third kappa shape index (κ3) is 9.07. The molecule has 0 fully saturated rings. The Bertz CT molecular complexity index is 5030. The highest BCUT2D eigenvalue weighted by molar-refractivity contribution is 7.03. The Labute approximate surface area is 561 Å². The standard InChI is InChI=1S/C87H79B2N5O/c1-54-48-72-76-73(49-54)93-78-67(88(76)66-44-34-58(56-28-20-15-21-29-56)51-71(66)92(72)64-42-38-60(39-43-64)85(5,6)7)45-46-68-79(78)94(81-80(93)82(86(8,9)10)95-83(81)87(11,12)13)75-53-65(90(61-30-22-16-23-31-61)62-32-24-17-25-33-62)52-74-77(75)89(68)69-50-57(55-26-18-14-19-27-55)35-47-70(69)91(74)63-40-36-59(37-41-63)84(2,3)4/h14-53H,1-13H3. The predicted octanol–water partition coefficient (Wildman–Crippen LogP) is 20.1. The van der Waals surface area contributed by atoms with Gasteiger partial charge in [0.05, 0.1) is 17.1 Å². The van der Waals surface area contributed by atoms with Crippen LogP contribution in [0.3, 0.4) is 0 Å². The van der Waals surface area contributed by atoms with Crippen molar-refractivity contribution in [2.45, 2.75) is 112 Å². The molecule has 0 radical (unpaired) electrons. The zero-order valence-electron chi connectivity index (χ0n) is 56.9. The molecular formula is C87H79B2N5O. The topological polar surface area (TPSA) is 29.3 Å². The molecule has 0 spiro atoms. The van der Waals surface area contributed by atoms with Crippen LogP contribution in [0.4, 0.5) is 85.3 Å². The number of aryl methyl sites for hydroxylation is 1. The minimum Gasteiger partial charge on any atom is -0.460 e. The van der Waals surface area contributed by atoms with Gasteiger partial charge < -0.3 is 28.9 Å². The molecule has 12 aromatic rings. The summed E-state index contributed by atoms with van der Waals surface area (Å²) in [6.45, 7) is 29.8. The highest BCUT2D eigenvalue weighted by Crippen LogP contribution is 2.63. The summed E-state index contributed by atoms with van der Waals surface area (Å²) in [4.78, 5) is 13.0. The Kier molecular flexibility index (Phi) is 12.9. The number of nitrogens with zero attached hydrogens (tertiary/aromatic N) is 5. The first-order chi connectivity index (χ1) is 45.6. The molecule has 0 aliphatic carbocycles. The molecule has 11 aromatic carbocycles. The first-order valence-corrected chi connectivity index (χ1v) is 34.0. The molecule has 0 atom stereocenters. The van der Waals surface area contributed by atoms with Gasteiger partial charge in [-0.2, -0.15) is 0 Å². The van der Waals surface area contributed by atoms with E-state index in [0.717, 1.165) is 68.4 Å². The van der Waals surface area contributed by atoms with Crippen molar-refractivity contribution >= 4 is 132 Å². The van der Waals surface area contributed by atoms with Gasteiger partial charge in [-0.15, -0.1) is 0 Å². The lowest BCUT2D eigenvalue weighted by atomic mass is 9.30. The smallest absolute Gasteiger partial charge is 0.252 e. The van der Waals surface area contributed by atoms with Gasteiger partial charge in [-0.3, -0.25) is 0 Å². The van der Waals surface area contributed by atoms with Crippen molar-refractivity contribution in [3.63, 3.8) is 0 Å². The van der Waals surface area contributed by atoms with Crippen LogP contribution in [0.25, 0.3) is 22.3 Å². The maximum absolute atomic E-state index is 7.87. The van der Waals surface area contributed by atoms with Crippen molar-refractivity contribution in [3.8, 4) is 22.3 Å². The van der Waals surface area contributed by atoms with Crippen LogP contribution >= 0.6 is 0 Å². The SMILES string of the molecule is Cc1cc2c3c(c1)N1c4c(ccc5c4N(c4cc(N(c6ccccc6)c6ccccc6)cc6c4B5c4cc(-c5ccccc5)ccc4N6c4ccc(C(C)(C)C)cc4)c4c(C(C)(C)C)oc(C(C)(C)C)c41)B3c1ccc(-c3ccccc3)cc1N2c1ccc(C(C)(C)C)cc1. The number of para-hydroxylation sites is 2. The number of fused-ring (bicyclic) bond motifs is 11. The van der Waals surface area contributed by atoms with E-state index in [1.807, 2.05) is 0 Å². The van der Waals surface area contributed by atoms with Crippen LogP contribution in [-0.2, 0) is 21.7 Å². The van der Waals surface area contributed by atoms with Crippen LogP contribution in [0.1, 0.15) is 111 Å². The second-order valence-electron chi connectivity index (χ2n) is 31.1. The molecule has 17 rings (SSSR count). The van der Waals surface area contributed by atoms with Crippen molar-refractivity contribution in [3.05, 3.63) is 271 Å². The number of hydrogen-bond acceptors (Lipinski definition) is 6. The van der Waals surface area contributed by atoms with Gasteiger partial charge in [0.1, 0.15) is 22.9 Å². The Morgan fingerprint density at radius 1 is 0.295 bits per heavy atom. The Hall–Kier alpha value is -10.2. The van der Waals surface area contributed by atoms with Gasteiger partial charge in [0.15, 0.2) is 0 Å². The average Bonchev–Trinajstić information content (AvgIpc) is 1.64. The van der Waals surface area contributed by atoms with Gasteiger partial charge in [0, 0.05) is 67.7 Å². The minimum absolute atomic E-state index is 0.00909. The molecule has 0 bridgehead atoms. The zero-order valence-corrected chi connectivity index (χ0v) is 56.9. The minimum atomic E-state index is -0.439. The van der Waals surface area contributed by atoms with Crippen LogP contribution in [0, 0.1) is 6.92 Å². The lowest BCUT2D eigenvalue weighted by Gasteiger charge is -2.52. The average molecular weight is 1230 g/mol. The third-order valence-electron chi connectivity index (χ3n) is 20.5. The van der Waals surface area contributed by atoms with E-state index >= 15 is 0 Å². The van der Waals surface area contributed by atoms with Crippen molar-refractivity contribution in [1.82, 2.24) is 0 Å². The van der Waals surface area contributed by atoms with E-state index in [1.54, 1.807) is 0 Å². The maximum atomic E-state index is 7.87. The van der Waals surface area contributed by atoms with Gasteiger partial charge in [0.2, 0.25) is 0 Å². The summed E-state index contributed by atoms with van der Waals surface area (Å²) in [7, 11) is 0. The van der Waals surface area contributed by atoms with Crippen LogP contribution < -0.4 is 57.3 Å². The third-order valence-corrected chi connectivity index (χ3v) is 20.5.